The van der Waals surface area contributed by atoms with Crippen molar-refractivity contribution in [2.45, 2.75) is 51.0 Å². The maximum absolute atomic E-state index is 13.4. The van der Waals surface area contributed by atoms with Crippen molar-refractivity contribution in [2.75, 3.05) is 6.54 Å². The van der Waals surface area contributed by atoms with Crippen molar-refractivity contribution < 1.29 is 4.79 Å². The standard InChI is InChI=1S/C24H27Cl2NO/c1-2-4-19-14-22(18-5-3-6-21(26)13-18)23(17-9-11-20(25)12-10-17)27(24(19)28)15-16-7-8-16/h3,5-6,9-13,16,19,22-23H,2,4,7-8,14-15H2,1H3. The van der Waals surface area contributed by atoms with Crippen molar-refractivity contribution in [2.24, 2.45) is 11.8 Å². The Morgan fingerprint density at radius 2 is 1.75 bits per heavy atom. The van der Waals surface area contributed by atoms with E-state index in [2.05, 4.69) is 36.1 Å². The number of rotatable bonds is 6. The van der Waals surface area contributed by atoms with Gasteiger partial charge in [0.2, 0.25) is 5.91 Å². The second-order valence-corrected chi connectivity index (χ2v) is 9.19. The molecule has 0 bridgehead atoms. The minimum atomic E-state index is 0.0388. The van der Waals surface area contributed by atoms with E-state index in [0.29, 0.717) is 11.8 Å². The van der Waals surface area contributed by atoms with Gasteiger partial charge >= 0.3 is 0 Å². The highest BCUT2D eigenvalue weighted by atomic mass is 35.5. The summed E-state index contributed by atoms with van der Waals surface area (Å²) in [4.78, 5) is 15.6. The predicted molar refractivity (Wildman–Crippen MR) is 116 cm³/mol. The second kappa shape index (κ2) is 8.47. The zero-order valence-electron chi connectivity index (χ0n) is 16.3. The van der Waals surface area contributed by atoms with Gasteiger partial charge in [-0.15, -0.1) is 0 Å². The lowest BCUT2D eigenvalue weighted by Gasteiger charge is -2.45. The zero-order chi connectivity index (χ0) is 19.7. The van der Waals surface area contributed by atoms with E-state index < -0.39 is 0 Å². The fraction of sp³-hybridized carbons (Fsp3) is 0.458. The van der Waals surface area contributed by atoms with E-state index in [0.717, 1.165) is 35.9 Å². The van der Waals surface area contributed by atoms with E-state index >= 15 is 0 Å². The summed E-state index contributed by atoms with van der Waals surface area (Å²) in [7, 11) is 0. The first kappa shape index (κ1) is 19.8. The minimum absolute atomic E-state index is 0.0388. The molecule has 1 aliphatic heterocycles. The molecule has 2 nitrogen and oxygen atoms in total. The number of nitrogens with zero attached hydrogens (tertiary/aromatic N) is 1. The molecule has 4 rings (SSSR count). The molecule has 0 radical (unpaired) electrons. The molecule has 3 atom stereocenters. The molecular formula is C24H27Cl2NO. The van der Waals surface area contributed by atoms with E-state index in [-0.39, 0.29) is 17.9 Å². The van der Waals surface area contributed by atoms with Crippen LogP contribution in [-0.2, 0) is 4.79 Å². The van der Waals surface area contributed by atoms with Crippen LogP contribution in [0.4, 0.5) is 0 Å². The molecule has 0 N–H and O–H groups in total. The summed E-state index contributed by atoms with van der Waals surface area (Å²) in [6, 6.07) is 16.2. The highest BCUT2D eigenvalue weighted by molar-refractivity contribution is 6.30. The van der Waals surface area contributed by atoms with Gasteiger partial charge in [-0.25, -0.2) is 0 Å². The van der Waals surface area contributed by atoms with Crippen molar-refractivity contribution >= 4 is 29.1 Å². The molecular weight excluding hydrogens is 389 g/mol. The van der Waals surface area contributed by atoms with Crippen LogP contribution in [0.2, 0.25) is 10.0 Å². The van der Waals surface area contributed by atoms with Crippen LogP contribution in [0.3, 0.4) is 0 Å². The molecule has 2 aromatic carbocycles. The molecule has 0 aromatic heterocycles. The molecule has 0 spiro atoms. The van der Waals surface area contributed by atoms with Crippen LogP contribution in [0.15, 0.2) is 48.5 Å². The third kappa shape index (κ3) is 4.23. The third-order valence-electron chi connectivity index (χ3n) is 6.16. The van der Waals surface area contributed by atoms with Crippen LogP contribution in [0, 0.1) is 11.8 Å². The normalized spacial score (nSPS) is 25.2. The first-order chi connectivity index (χ1) is 13.6. The summed E-state index contributed by atoms with van der Waals surface area (Å²) in [6.45, 7) is 3.03. The molecule has 2 aliphatic rings. The maximum Gasteiger partial charge on any atom is 0.226 e. The number of likely N-dealkylation sites (tertiary alicyclic amines) is 1. The van der Waals surface area contributed by atoms with Crippen molar-refractivity contribution in [1.29, 1.82) is 0 Å². The van der Waals surface area contributed by atoms with Gasteiger partial charge in [-0.1, -0.05) is 60.8 Å². The molecule has 1 heterocycles. The smallest absolute Gasteiger partial charge is 0.226 e. The van der Waals surface area contributed by atoms with Gasteiger partial charge in [-0.05, 0) is 67.0 Å². The first-order valence-electron chi connectivity index (χ1n) is 10.4. The lowest BCUT2D eigenvalue weighted by molar-refractivity contribution is -0.144. The highest BCUT2D eigenvalue weighted by Crippen LogP contribution is 2.48. The molecule has 1 saturated heterocycles. The molecule has 2 aromatic rings. The number of halogens is 2. The van der Waals surface area contributed by atoms with Crippen LogP contribution < -0.4 is 0 Å². The SMILES string of the molecule is CCCC1CC(c2cccc(Cl)c2)C(c2ccc(Cl)cc2)N(CC2CC2)C1=O. The second-order valence-electron chi connectivity index (χ2n) is 8.31. The molecule has 1 amide bonds. The average Bonchev–Trinajstić information content (AvgIpc) is 3.50. The van der Waals surface area contributed by atoms with Gasteiger partial charge < -0.3 is 4.90 Å². The van der Waals surface area contributed by atoms with Gasteiger partial charge in [0, 0.05) is 28.4 Å². The zero-order valence-corrected chi connectivity index (χ0v) is 17.8. The Balaban J connectivity index is 1.78. The summed E-state index contributed by atoms with van der Waals surface area (Å²) < 4.78 is 0. The van der Waals surface area contributed by atoms with E-state index in [1.54, 1.807) is 0 Å². The Bertz CT molecular complexity index is 831. The quantitative estimate of drug-likeness (QED) is 0.503. The van der Waals surface area contributed by atoms with Crippen LogP contribution in [0.1, 0.15) is 62.1 Å². The van der Waals surface area contributed by atoms with Gasteiger partial charge in [-0.2, -0.15) is 0 Å². The van der Waals surface area contributed by atoms with E-state index in [4.69, 9.17) is 23.2 Å². The summed E-state index contributed by atoms with van der Waals surface area (Å²) >= 11 is 12.5. The third-order valence-corrected chi connectivity index (χ3v) is 6.65. The van der Waals surface area contributed by atoms with Gasteiger partial charge in [0.15, 0.2) is 0 Å². The van der Waals surface area contributed by atoms with E-state index in [9.17, 15) is 4.79 Å². The first-order valence-corrected chi connectivity index (χ1v) is 11.1. The fourth-order valence-electron chi connectivity index (χ4n) is 4.62. The van der Waals surface area contributed by atoms with E-state index in [1.807, 2.05) is 24.3 Å². The van der Waals surface area contributed by atoms with Crippen LogP contribution in [0.25, 0.3) is 0 Å². The van der Waals surface area contributed by atoms with Gasteiger partial charge in [-0.3, -0.25) is 4.79 Å². The monoisotopic (exact) mass is 415 g/mol. The summed E-state index contributed by atoms with van der Waals surface area (Å²) in [5, 5.41) is 1.48. The van der Waals surface area contributed by atoms with E-state index in [1.165, 1.54) is 24.0 Å². The highest BCUT2D eigenvalue weighted by Gasteiger charge is 2.44. The van der Waals surface area contributed by atoms with Gasteiger partial charge in [0.05, 0.1) is 6.04 Å². The minimum Gasteiger partial charge on any atom is -0.335 e. The van der Waals surface area contributed by atoms with Crippen molar-refractivity contribution in [3.8, 4) is 0 Å². The Kier molecular flexibility index (Phi) is 5.99. The van der Waals surface area contributed by atoms with Crippen molar-refractivity contribution in [3.05, 3.63) is 69.7 Å². The number of benzene rings is 2. The Hall–Kier alpha value is -1.51. The lowest BCUT2D eigenvalue weighted by Crippen LogP contribution is -2.47. The summed E-state index contributed by atoms with van der Waals surface area (Å²) in [5.41, 5.74) is 2.39. The average molecular weight is 416 g/mol. The van der Waals surface area contributed by atoms with Gasteiger partial charge in [0.1, 0.15) is 0 Å². The number of piperidine rings is 1. The molecule has 2 fully saturated rings. The van der Waals surface area contributed by atoms with Crippen LogP contribution in [-0.4, -0.2) is 17.4 Å². The fourth-order valence-corrected chi connectivity index (χ4v) is 4.95. The molecule has 28 heavy (non-hydrogen) atoms. The Labute approximate surface area is 177 Å². The van der Waals surface area contributed by atoms with Crippen LogP contribution >= 0.6 is 23.2 Å². The number of amides is 1. The molecule has 1 saturated carbocycles. The van der Waals surface area contributed by atoms with Crippen LogP contribution in [0.5, 0.6) is 0 Å². The number of hydrogen-bond acceptors (Lipinski definition) is 1. The molecule has 1 aliphatic carbocycles. The number of carbonyl (C=O) groups excluding carboxylic acids is 1. The van der Waals surface area contributed by atoms with Crippen molar-refractivity contribution in [3.63, 3.8) is 0 Å². The largest absolute Gasteiger partial charge is 0.335 e. The summed E-state index contributed by atoms with van der Waals surface area (Å²) in [6.07, 6.45) is 5.32. The molecule has 3 unspecified atom stereocenters. The van der Waals surface area contributed by atoms with Crippen molar-refractivity contribution in [1.82, 2.24) is 4.90 Å². The Morgan fingerprint density at radius 3 is 2.39 bits per heavy atom. The predicted octanol–water partition coefficient (Wildman–Crippen LogP) is 6.88. The number of carbonyl (C=O) groups is 1. The van der Waals surface area contributed by atoms with Gasteiger partial charge in [0.25, 0.3) is 0 Å². The summed E-state index contributed by atoms with van der Waals surface area (Å²) in [5.74, 6) is 1.32. The molecule has 4 heteroatoms. The Morgan fingerprint density at radius 1 is 1.00 bits per heavy atom. The topological polar surface area (TPSA) is 20.3 Å². The number of hydrogen-bond donors (Lipinski definition) is 0. The molecule has 148 valence electrons. The maximum atomic E-state index is 13.4. The lowest BCUT2D eigenvalue weighted by atomic mass is 9.74.